The molecule has 0 radical (unpaired) electrons. The van der Waals surface area contributed by atoms with Crippen molar-refractivity contribution >= 4 is 10.0 Å². The van der Waals surface area contributed by atoms with Crippen LogP contribution in [0.5, 0.6) is 0 Å². The Labute approximate surface area is 140 Å². The lowest BCUT2D eigenvalue weighted by Gasteiger charge is -2.14. The van der Waals surface area contributed by atoms with Crippen molar-refractivity contribution in [2.75, 3.05) is 0 Å². The summed E-state index contributed by atoms with van der Waals surface area (Å²) < 4.78 is 29.1. The van der Waals surface area contributed by atoms with Gasteiger partial charge in [0.15, 0.2) is 5.82 Å². The van der Waals surface area contributed by atoms with Gasteiger partial charge in [0.05, 0.1) is 16.6 Å². The summed E-state index contributed by atoms with van der Waals surface area (Å²) in [6.45, 7) is 3.61. The van der Waals surface area contributed by atoms with Crippen LogP contribution in [-0.4, -0.2) is 28.6 Å². The molecule has 1 atom stereocenters. The summed E-state index contributed by atoms with van der Waals surface area (Å²) in [7, 11) is -3.66. The molecular formula is C16H17N5O2S. The van der Waals surface area contributed by atoms with E-state index in [4.69, 9.17) is 0 Å². The third kappa shape index (κ3) is 3.34. The second kappa shape index (κ2) is 6.50. The first-order valence-electron chi connectivity index (χ1n) is 7.40. The minimum absolute atomic E-state index is 0.207. The van der Waals surface area contributed by atoms with Crippen molar-refractivity contribution in [1.29, 1.82) is 0 Å². The minimum atomic E-state index is -3.66. The Bertz CT molecular complexity index is 921. The second-order valence-electron chi connectivity index (χ2n) is 5.44. The molecule has 0 saturated heterocycles. The molecule has 3 rings (SSSR count). The first-order chi connectivity index (χ1) is 11.5. The first-order valence-corrected chi connectivity index (χ1v) is 8.88. The number of para-hydroxylation sites is 1. The van der Waals surface area contributed by atoms with Crippen LogP contribution in [0.4, 0.5) is 0 Å². The molecule has 0 saturated carbocycles. The van der Waals surface area contributed by atoms with E-state index in [2.05, 4.69) is 20.2 Å². The number of hydrogen-bond acceptors (Lipinski definition) is 5. The van der Waals surface area contributed by atoms with E-state index in [0.717, 1.165) is 11.3 Å². The van der Waals surface area contributed by atoms with E-state index in [-0.39, 0.29) is 4.90 Å². The molecule has 124 valence electrons. The van der Waals surface area contributed by atoms with E-state index < -0.39 is 16.1 Å². The van der Waals surface area contributed by atoms with Crippen LogP contribution in [0.1, 0.15) is 24.4 Å². The van der Waals surface area contributed by atoms with Gasteiger partial charge in [0.25, 0.3) is 0 Å². The van der Waals surface area contributed by atoms with Gasteiger partial charge in [-0.3, -0.25) is 0 Å². The van der Waals surface area contributed by atoms with Gasteiger partial charge in [0, 0.05) is 0 Å². The van der Waals surface area contributed by atoms with Crippen molar-refractivity contribution in [3.05, 3.63) is 66.0 Å². The zero-order valence-electron chi connectivity index (χ0n) is 13.3. The number of rotatable bonds is 5. The molecule has 0 spiro atoms. The van der Waals surface area contributed by atoms with Crippen molar-refractivity contribution in [3.63, 3.8) is 0 Å². The molecule has 3 aromatic rings. The van der Waals surface area contributed by atoms with Gasteiger partial charge in [0.1, 0.15) is 0 Å². The molecule has 24 heavy (non-hydrogen) atoms. The number of nitrogens with zero attached hydrogens (tertiary/aromatic N) is 4. The molecule has 0 bridgehead atoms. The fraction of sp³-hybridized carbons (Fsp3) is 0.188. The van der Waals surface area contributed by atoms with Crippen molar-refractivity contribution in [1.82, 2.24) is 24.9 Å². The highest BCUT2D eigenvalue weighted by Gasteiger charge is 2.22. The SMILES string of the molecule is Cc1ccc(S(=O)(=O)N[C@@H](C)c2nnnn2-c2ccccc2)cc1. The highest BCUT2D eigenvalue weighted by molar-refractivity contribution is 7.89. The largest absolute Gasteiger partial charge is 0.241 e. The molecule has 1 aromatic heterocycles. The first kappa shape index (κ1) is 16.3. The molecule has 0 aliphatic heterocycles. The van der Waals surface area contributed by atoms with Crippen molar-refractivity contribution in [3.8, 4) is 5.69 Å². The number of nitrogens with one attached hydrogen (secondary N) is 1. The number of hydrogen-bond donors (Lipinski definition) is 1. The van der Waals surface area contributed by atoms with E-state index in [1.54, 1.807) is 31.2 Å². The van der Waals surface area contributed by atoms with Crippen molar-refractivity contribution in [2.24, 2.45) is 0 Å². The molecule has 0 aliphatic rings. The summed E-state index contributed by atoms with van der Waals surface area (Å²) in [6, 6.07) is 15.4. The molecule has 1 heterocycles. The van der Waals surface area contributed by atoms with Gasteiger partial charge in [-0.1, -0.05) is 35.9 Å². The number of sulfonamides is 1. The number of aromatic nitrogens is 4. The molecule has 8 heteroatoms. The second-order valence-corrected chi connectivity index (χ2v) is 7.15. The summed E-state index contributed by atoms with van der Waals surface area (Å²) in [5.74, 6) is 0.414. The molecule has 2 aromatic carbocycles. The molecule has 0 fully saturated rings. The summed E-state index contributed by atoms with van der Waals surface area (Å²) in [5, 5.41) is 11.6. The number of benzene rings is 2. The fourth-order valence-corrected chi connectivity index (χ4v) is 3.49. The maximum atomic E-state index is 12.5. The Morgan fingerprint density at radius 2 is 1.71 bits per heavy atom. The molecule has 1 N–H and O–H groups in total. The van der Waals surface area contributed by atoms with Gasteiger partial charge in [-0.05, 0) is 48.5 Å². The Balaban J connectivity index is 1.87. The Kier molecular flexibility index (Phi) is 4.41. The third-order valence-electron chi connectivity index (χ3n) is 3.54. The van der Waals surface area contributed by atoms with Crippen LogP contribution in [-0.2, 0) is 10.0 Å². The summed E-state index contributed by atoms with van der Waals surface area (Å²) in [4.78, 5) is 0.207. The van der Waals surface area contributed by atoms with Crippen LogP contribution in [0, 0.1) is 6.92 Å². The normalized spacial score (nSPS) is 12.9. The summed E-state index contributed by atoms with van der Waals surface area (Å²) in [5.41, 5.74) is 1.76. The highest BCUT2D eigenvalue weighted by atomic mass is 32.2. The summed E-state index contributed by atoms with van der Waals surface area (Å²) >= 11 is 0. The van der Waals surface area contributed by atoms with Gasteiger partial charge < -0.3 is 0 Å². The van der Waals surface area contributed by atoms with Crippen LogP contribution >= 0.6 is 0 Å². The van der Waals surface area contributed by atoms with Crippen molar-refractivity contribution in [2.45, 2.75) is 24.8 Å². The third-order valence-corrected chi connectivity index (χ3v) is 5.10. The lowest BCUT2D eigenvalue weighted by molar-refractivity contribution is 0.555. The van der Waals surface area contributed by atoms with Crippen molar-refractivity contribution < 1.29 is 8.42 Å². The zero-order chi connectivity index (χ0) is 17.2. The standard InChI is InChI=1S/C16H17N5O2S/c1-12-8-10-15(11-9-12)24(22,23)18-13(2)16-17-19-20-21(16)14-6-4-3-5-7-14/h3-11,13,18H,1-2H3/t13-/m0/s1. The highest BCUT2D eigenvalue weighted by Crippen LogP contribution is 2.17. The smallest absolute Gasteiger partial charge is 0.207 e. The van der Waals surface area contributed by atoms with Gasteiger partial charge in [0.2, 0.25) is 10.0 Å². The average Bonchev–Trinajstić information content (AvgIpc) is 3.05. The molecule has 0 unspecified atom stereocenters. The summed E-state index contributed by atoms with van der Waals surface area (Å²) in [6.07, 6.45) is 0. The molecular weight excluding hydrogens is 326 g/mol. The van der Waals surface area contributed by atoms with Gasteiger partial charge in [-0.15, -0.1) is 5.10 Å². The Hall–Kier alpha value is -2.58. The minimum Gasteiger partial charge on any atom is -0.207 e. The fourth-order valence-electron chi connectivity index (χ4n) is 2.29. The molecule has 0 amide bonds. The predicted octanol–water partition coefficient (Wildman–Crippen LogP) is 2.01. The lowest BCUT2D eigenvalue weighted by atomic mass is 10.2. The van der Waals surface area contributed by atoms with E-state index in [1.807, 2.05) is 37.3 Å². The molecule has 7 nitrogen and oxygen atoms in total. The van der Waals surface area contributed by atoms with Crippen LogP contribution in [0.25, 0.3) is 5.69 Å². The van der Waals surface area contributed by atoms with Gasteiger partial charge >= 0.3 is 0 Å². The Morgan fingerprint density at radius 3 is 2.38 bits per heavy atom. The maximum absolute atomic E-state index is 12.5. The van der Waals surface area contributed by atoms with Gasteiger partial charge in [-0.25, -0.2) is 13.1 Å². The van der Waals surface area contributed by atoms with Crippen LogP contribution in [0.3, 0.4) is 0 Å². The molecule has 0 aliphatic carbocycles. The van der Waals surface area contributed by atoms with E-state index in [9.17, 15) is 8.42 Å². The maximum Gasteiger partial charge on any atom is 0.241 e. The Morgan fingerprint density at radius 1 is 1.04 bits per heavy atom. The van der Waals surface area contributed by atoms with Crippen LogP contribution in [0.15, 0.2) is 59.5 Å². The predicted molar refractivity (Wildman–Crippen MR) is 89.1 cm³/mol. The number of tetrazole rings is 1. The van der Waals surface area contributed by atoms with E-state index >= 15 is 0 Å². The quantitative estimate of drug-likeness (QED) is 0.765. The van der Waals surface area contributed by atoms with Gasteiger partial charge in [-0.2, -0.15) is 4.68 Å². The number of aryl methyl sites for hydroxylation is 1. The zero-order valence-corrected chi connectivity index (χ0v) is 14.1. The average molecular weight is 343 g/mol. The van der Waals surface area contributed by atoms with Crippen LogP contribution in [0.2, 0.25) is 0 Å². The lowest BCUT2D eigenvalue weighted by Crippen LogP contribution is -2.28. The van der Waals surface area contributed by atoms with Crippen LogP contribution < -0.4 is 4.72 Å². The topological polar surface area (TPSA) is 89.8 Å². The van der Waals surface area contributed by atoms with E-state index in [0.29, 0.717) is 5.82 Å². The monoisotopic (exact) mass is 343 g/mol. The van der Waals surface area contributed by atoms with E-state index in [1.165, 1.54) is 4.68 Å².